The minimum Gasteiger partial charge on any atom is -0.465 e. The molecule has 2 aromatic carbocycles. The molecule has 0 aliphatic carbocycles. The summed E-state index contributed by atoms with van der Waals surface area (Å²) in [6.45, 7) is 3.26. The molecule has 0 aromatic heterocycles. The third kappa shape index (κ3) is 5.16. The zero-order chi connectivity index (χ0) is 23.2. The van der Waals surface area contributed by atoms with Gasteiger partial charge in [-0.15, -0.1) is 0 Å². The van der Waals surface area contributed by atoms with E-state index in [2.05, 4.69) is 17.0 Å². The van der Waals surface area contributed by atoms with Gasteiger partial charge >= 0.3 is 5.91 Å². The predicted octanol–water partition coefficient (Wildman–Crippen LogP) is 5.23. The Labute approximate surface area is 203 Å². The number of benzene rings is 2. The molecule has 3 heterocycles. The Morgan fingerprint density at radius 2 is 1.82 bits per heavy atom. The normalized spacial score (nSPS) is 20.2. The van der Waals surface area contributed by atoms with Crippen molar-refractivity contribution in [1.82, 2.24) is 0 Å². The van der Waals surface area contributed by atoms with Gasteiger partial charge in [0.1, 0.15) is 10.8 Å². The van der Waals surface area contributed by atoms with Crippen LogP contribution in [0, 0.1) is 0 Å². The van der Waals surface area contributed by atoms with E-state index >= 15 is 0 Å². The fourth-order valence-electron chi connectivity index (χ4n) is 3.44. The molecule has 0 bridgehead atoms. The van der Waals surface area contributed by atoms with E-state index in [1.165, 1.54) is 22.2 Å². The van der Waals surface area contributed by atoms with Gasteiger partial charge in [0.25, 0.3) is 5.04 Å². The van der Waals surface area contributed by atoms with E-state index < -0.39 is 0 Å². The van der Waals surface area contributed by atoms with Crippen LogP contribution in [0.15, 0.2) is 106 Å². The van der Waals surface area contributed by atoms with Gasteiger partial charge in [0.2, 0.25) is 0 Å². The summed E-state index contributed by atoms with van der Waals surface area (Å²) in [6.07, 6.45) is 9.21. The highest BCUT2D eigenvalue weighted by atomic mass is 32.2. The van der Waals surface area contributed by atoms with E-state index in [0.717, 1.165) is 26.4 Å². The second-order valence-corrected chi connectivity index (χ2v) is 9.36. The van der Waals surface area contributed by atoms with Crippen molar-refractivity contribution < 1.29 is 14.1 Å². The lowest BCUT2D eigenvalue weighted by atomic mass is 10.2. The van der Waals surface area contributed by atoms with Crippen LogP contribution in [0.3, 0.4) is 0 Å². The number of para-hydroxylation sites is 1. The third-order valence-corrected chi connectivity index (χ3v) is 7.64. The monoisotopic (exact) mass is 476 g/mol. The van der Waals surface area contributed by atoms with E-state index in [4.69, 9.17) is 10.5 Å². The zero-order valence-electron chi connectivity index (χ0n) is 18.6. The summed E-state index contributed by atoms with van der Waals surface area (Å²) in [4.78, 5) is 17.0. The summed E-state index contributed by atoms with van der Waals surface area (Å²) in [5.74, 6) is 0.787. The highest BCUT2D eigenvalue weighted by molar-refractivity contribution is 8.19. The number of nitrogens with zero attached hydrogens (tertiary/aromatic N) is 2. The molecule has 0 saturated carbocycles. The number of nitrogens with two attached hydrogens (primary N) is 1. The van der Waals surface area contributed by atoms with Gasteiger partial charge in [0, 0.05) is 18.5 Å². The molecule has 168 valence electrons. The topological polar surface area (TPSA) is 58.6 Å². The maximum Gasteiger partial charge on any atom is 0.430 e. The Kier molecular flexibility index (Phi) is 7.54. The average Bonchev–Trinajstić information content (AvgIpc) is 3.36. The molecule has 0 spiro atoms. The number of hydrogen-bond acceptors (Lipinski definition) is 6. The second-order valence-electron chi connectivity index (χ2n) is 7.29. The van der Waals surface area contributed by atoms with E-state index in [0.29, 0.717) is 13.1 Å². The Balaban J connectivity index is 0.000000275. The predicted molar refractivity (Wildman–Crippen MR) is 138 cm³/mol. The van der Waals surface area contributed by atoms with E-state index in [9.17, 15) is 4.79 Å². The molecule has 5 nitrogen and oxygen atoms in total. The summed E-state index contributed by atoms with van der Waals surface area (Å²) in [5, 5.41) is 1.89. The summed E-state index contributed by atoms with van der Waals surface area (Å²) in [6, 6.07) is 18.2. The molecule has 0 atom stereocenters. The Bertz CT molecular complexity index is 1200. The molecule has 3 aliphatic rings. The number of likely N-dealkylation sites (N-methyl/N-ethyl adjacent to an activating group) is 1. The van der Waals surface area contributed by atoms with Gasteiger partial charge in [-0.25, -0.2) is 4.79 Å². The maximum atomic E-state index is 13.0. The standard InChI is InChI=1S/C19H17N2O2S2.C7H9N/c1-3-21-16(12-13-8-6-7-11-23-13)25-17(18(21)22)19-20(2)14-9-4-5-10-15(14)24-19;8-6-7-4-2-1-3-5-7/h4-12H,3H2,1-2H3;1-5H,6,8H2/q+1;/b13-12+,19-17+;. The minimum absolute atomic E-state index is 0.0526. The number of fused-ring (bicyclic) bond motifs is 1. The summed E-state index contributed by atoms with van der Waals surface area (Å²) >= 11 is 3.17. The summed E-state index contributed by atoms with van der Waals surface area (Å²) < 4.78 is 7.29. The lowest BCUT2D eigenvalue weighted by Gasteiger charge is -2.13. The molecule has 2 aromatic rings. The smallest absolute Gasteiger partial charge is 0.430 e. The van der Waals surface area contributed by atoms with Crippen molar-refractivity contribution in [2.75, 3.05) is 18.5 Å². The van der Waals surface area contributed by atoms with Gasteiger partial charge < -0.3 is 15.4 Å². The van der Waals surface area contributed by atoms with Crippen LogP contribution in [0.2, 0.25) is 0 Å². The average molecular weight is 477 g/mol. The molecule has 5 rings (SSSR count). The van der Waals surface area contributed by atoms with Crippen LogP contribution in [0.4, 0.5) is 5.69 Å². The molecule has 0 radical (unpaired) electrons. The number of amides is 1. The number of rotatable bonds is 3. The zero-order valence-corrected chi connectivity index (χ0v) is 20.2. The van der Waals surface area contributed by atoms with Crippen molar-refractivity contribution in [2.45, 2.75) is 18.4 Å². The minimum atomic E-state index is 0.0526. The van der Waals surface area contributed by atoms with E-state index in [-0.39, 0.29) is 5.91 Å². The Hall–Kier alpha value is -3.00. The summed E-state index contributed by atoms with van der Waals surface area (Å²) in [5.41, 5.74) is 7.68. The first-order chi connectivity index (χ1) is 16.1. The van der Waals surface area contributed by atoms with Gasteiger partial charge in [0.15, 0.2) is 11.4 Å². The molecule has 0 fully saturated rings. The Morgan fingerprint density at radius 1 is 1.06 bits per heavy atom. The maximum absolute atomic E-state index is 13.0. The van der Waals surface area contributed by atoms with Crippen LogP contribution in [0.5, 0.6) is 0 Å². The van der Waals surface area contributed by atoms with Crippen molar-refractivity contribution in [3.8, 4) is 0 Å². The number of allylic oxidation sites excluding steroid dienone is 3. The lowest BCUT2D eigenvalue weighted by molar-refractivity contribution is -0.435. The first-order valence-electron chi connectivity index (χ1n) is 10.7. The van der Waals surface area contributed by atoms with Crippen LogP contribution in [-0.4, -0.2) is 29.1 Å². The van der Waals surface area contributed by atoms with Gasteiger partial charge in [-0.1, -0.05) is 60.3 Å². The van der Waals surface area contributed by atoms with Crippen LogP contribution >= 0.6 is 23.5 Å². The number of carbonyl (C=O) groups excluding carboxylic acids is 1. The van der Waals surface area contributed by atoms with Gasteiger partial charge in [-0.2, -0.15) is 4.58 Å². The number of anilines is 1. The SMILES string of the molecule is CC[N+]1=C(/C=C2\C=CC=CO2)S/C(=C2/Sc3ccccc3N2C)C1=O.NCc1ccccc1. The van der Waals surface area contributed by atoms with Gasteiger partial charge in [-0.05, 0) is 48.5 Å². The fourth-order valence-corrected chi connectivity index (χ4v) is 5.90. The number of ether oxygens (including phenoxy) is 1. The molecule has 0 unspecified atom stereocenters. The van der Waals surface area contributed by atoms with Crippen LogP contribution < -0.4 is 10.6 Å². The van der Waals surface area contributed by atoms with E-state index in [1.807, 2.05) is 80.7 Å². The highest BCUT2D eigenvalue weighted by Gasteiger charge is 2.41. The number of hydrogen-bond donors (Lipinski definition) is 1. The molecule has 1 amide bonds. The van der Waals surface area contributed by atoms with Gasteiger partial charge in [-0.3, -0.25) is 0 Å². The van der Waals surface area contributed by atoms with Crippen molar-refractivity contribution in [1.29, 1.82) is 0 Å². The first-order valence-corrected chi connectivity index (χ1v) is 12.3. The van der Waals surface area contributed by atoms with Crippen molar-refractivity contribution in [3.05, 3.63) is 106 Å². The quantitative estimate of drug-likeness (QED) is 0.484. The molecule has 3 aliphatic heterocycles. The molecule has 0 saturated heterocycles. The fraction of sp³-hybridized carbons (Fsp3) is 0.154. The summed E-state index contributed by atoms with van der Waals surface area (Å²) in [7, 11) is 2.01. The largest absolute Gasteiger partial charge is 0.465 e. The number of thioether (sulfide) groups is 2. The van der Waals surface area contributed by atoms with Crippen molar-refractivity contribution in [2.24, 2.45) is 5.73 Å². The highest BCUT2D eigenvalue weighted by Crippen LogP contribution is 2.49. The van der Waals surface area contributed by atoms with E-state index in [1.54, 1.807) is 22.6 Å². The number of carbonyl (C=O) groups is 1. The molecule has 2 N–H and O–H groups in total. The third-order valence-electron chi connectivity index (χ3n) is 5.16. The van der Waals surface area contributed by atoms with Crippen molar-refractivity contribution >= 4 is 40.2 Å². The molecular weight excluding hydrogens is 450 g/mol. The second kappa shape index (κ2) is 10.7. The molecule has 7 heteroatoms. The molecule has 33 heavy (non-hydrogen) atoms. The van der Waals surface area contributed by atoms with Gasteiger partial charge in [0.05, 0.1) is 18.0 Å². The van der Waals surface area contributed by atoms with Crippen LogP contribution in [-0.2, 0) is 16.1 Å². The molecular formula is C26H26N3O2S2+. The van der Waals surface area contributed by atoms with Crippen molar-refractivity contribution in [3.63, 3.8) is 0 Å². The first kappa shape index (κ1) is 23.2. The Morgan fingerprint density at radius 3 is 2.45 bits per heavy atom. The van der Waals surface area contributed by atoms with Crippen LogP contribution in [0.25, 0.3) is 0 Å². The van der Waals surface area contributed by atoms with Crippen LogP contribution in [0.1, 0.15) is 12.5 Å². The lowest BCUT2D eigenvalue weighted by Crippen LogP contribution is -2.21.